The number of urea groups is 1. The van der Waals surface area contributed by atoms with Gasteiger partial charge >= 0.3 is 6.03 Å². The van der Waals surface area contributed by atoms with Crippen LogP contribution in [0.4, 0.5) is 10.5 Å². The molecule has 1 fully saturated rings. The van der Waals surface area contributed by atoms with E-state index in [0.29, 0.717) is 11.3 Å². The highest BCUT2D eigenvalue weighted by Gasteiger charge is 2.45. The van der Waals surface area contributed by atoms with Crippen molar-refractivity contribution in [2.45, 2.75) is 25.4 Å². The predicted octanol–water partition coefficient (Wildman–Crippen LogP) is 1.41. The molecule has 9 nitrogen and oxygen atoms in total. The summed E-state index contributed by atoms with van der Waals surface area (Å²) in [5.41, 5.74) is 1.41. The smallest absolute Gasteiger partial charge is 0.319 e. The molecule has 152 valence electrons. The third kappa shape index (κ3) is 3.52. The Labute approximate surface area is 171 Å². The number of anilines is 1. The molecule has 0 radical (unpaired) electrons. The first-order valence-corrected chi connectivity index (χ1v) is 9.39. The van der Waals surface area contributed by atoms with Gasteiger partial charge in [-0.15, -0.1) is 0 Å². The summed E-state index contributed by atoms with van der Waals surface area (Å²) in [5, 5.41) is 7.50. The average molecular weight is 406 g/mol. The van der Waals surface area contributed by atoms with Gasteiger partial charge in [-0.05, 0) is 30.2 Å². The Morgan fingerprint density at radius 2 is 1.77 bits per heavy atom. The van der Waals surface area contributed by atoms with Gasteiger partial charge in [0.15, 0.2) is 0 Å². The van der Waals surface area contributed by atoms with Gasteiger partial charge in [-0.25, -0.2) is 4.79 Å². The van der Waals surface area contributed by atoms with E-state index in [9.17, 15) is 24.0 Å². The van der Waals surface area contributed by atoms with E-state index >= 15 is 0 Å². The van der Waals surface area contributed by atoms with Crippen molar-refractivity contribution in [2.75, 3.05) is 5.32 Å². The second-order valence-electron chi connectivity index (χ2n) is 6.96. The summed E-state index contributed by atoms with van der Waals surface area (Å²) in [6.07, 6.45) is 0.140. The molecular weight excluding hydrogens is 388 g/mol. The van der Waals surface area contributed by atoms with Crippen LogP contribution in [0, 0.1) is 0 Å². The van der Waals surface area contributed by atoms with Gasteiger partial charge in [0.2, 0.25) is 11.8 Å². The minimum atomic E-state index is -1.03. The zero-order valence-electron chi connectivity index (χ0n) is 15.8. The van der Waals surface area contributed by atoms with Gasteiger partial charge < -0.3 is 10.6 Å². The fourth-order valence-corrected chi connectivity index (χ4v) is 3.60. The van der Waals surface area contributed by atoms with Crippen LogP contribution in [-0.4, -0.2) is 40.6 Å². The highest BCUT2D eigenvalue weighted by atomic mass is 16.2. The van der Waals surface area contributed by atoms with Crippen LogP contribution in [0.1, 0.15) is 39.1 Å². The number of amides is 6. The van der Waals surface area contributed by atoms with E-state index in [4.69, 9.17) is 0 Å². The molecule has 0 saturated carbocycles. The first-order chi connectivity index (χ1) is 14.5. The van der Waals surface area contributed by atoms with Gasteiger partial charge in [-0.2, -0.15) is 0 Å². The first kappa shape index (κ1) is 19.3. The second kappa shape index (κ2) is 7.78. The topological polar surface area (TPSA) is 125 Å². The molecule has 9 heteroatoms. The van der Waals surface area contributed by atoms with Gasteiger partial charge in [-0.3, -0.25) is 29.4 Å². The predicted molar refractivity (Wildman–Crippen MR) is 105 cm³/mol. The number of rotatable bonds is 4. The van der Waals surface area contributed by atoms with Crippen LogP contribution in [0.2, 0.25) is 0 Å². The minimum absolute atomic E-state index is 0.0179. The molecule has 1 unspecified atom stereocenters. The summed E-state index contributed by atoms with van der Waals surface area (Å²) in [4.78, 5) is 62.4. The molecule has 0 bridgehead atoms. The summed E-state index contributed by atoms with van der Waals surface area (Å²) in [6.45, 7) is 0.0179. The molecule has 6 amide bonds. The Kier molecular flexibility index (Phi) is 5.01. The molecule has 3 N–H and O–H groups in total. The summed E-state index contributed by atoms with van der Waals surface area (Å²) >= 11 is 0. The van der Waals surface area contributed by atoms with E-state index in [1.54, 1.807) is 36.4 Å². The third-order valence-electron chi connectivity index (χ3n) is 5.03. The van der Waals surface area contributed by atoms with Crippen molar-refractivity contribution in [3.8, 4) is 0 Å². The zero-order chi connectivity index (χ0) is 21.3. The number of carbonyl (C=O) groups excluding carboxylic acids is 5. The fourth-order valence-electron chi connectivity index (χ4n) is 3.60. The molecule has 2 aliphatic rings. The van der Waals surface area contributed by atoms with E-state index in [1.807, 2.05) is 6.07 Å². The molecular formula is C21H18N4O5. The summed E-state index contributed by atoms with van der Waals surface area (Å²) in [7, 11) is 0. The van der Waals surface area contributed by atoms with E-state index in [2.05, 4.69) is 16.0 Å². The van der Waals surface area contributed by atoms with Crippen molar-refractivity contribution in [2.24, 2.45) is 0 Å². The van der Waals surface area contributed by atoms with E-state index in [1.165, 1.54) is 6.07 Å². The lowest BCUT2D eigenvalue weighted by atomic mass is 10.0. The monoisotopic (exact) mass is 406 g/mol. The lowest BCUT2D eigenvalue weighted by Gasteiger charge is -2.27. The van der Waals surface area contributed by atoms with Crippen LogP contribution < -0.4 is 16.0 Å². The molecule has 0 spiro atoms. The van der Waals surface area contributed by atoms with Crippen molar-refractivity contribution in [3.05, 3.63) is 65.2 Å². The summed E-state index contributed by atoms with van der Waals surface area (Å²) in [5.74, 6) is -2.28. The number of fused-ring (bicyclic) bond motifs is 1. The number of imide groups is 2. The molecule has 0 aliphatic carbocycles. The van der Waals surface area contributed by atoms with Crippen molar-refractivity contribution >= 4 is 35.3 Å². The Hall–Kier alpha value is -4.01. The Morgan fingerprint density at radius 3 is 2.50 bits per heavy atom. The van der Waals surface area contributed by atoms with Crippen molar-refractivity contribution in [1.82, 2.24) is 15.5 Å². The van der Waals surface area contributed by atoms with Crippen molar-refractivity contribution in [1.29, 1.82) is 0 Å². The maximum absolute atomic E-state index is 13.0. The third-order valence-corrected chi connectivity index (χ3v) is 5.03. The molecule has 2 aromatic carbocycles. The summed E-state index contributed by atoms with van der Waals surface area (Å²) in [6, 6.07) is 12.1. The first-order valence-electron chi connectivity index (χ1n) is 9.39. The van der Waals surface area contributed by atoms with Gasteiger partial charge in [-0.1, -0.05) is 30.3 Å². The number of benzene rings is 2. The minimum Gasteiger partial charge on any atom is -0.334 e. The van der Waals surface area contributed by atoms with E-state index < -0.39 is 35.7 Å². The zero-order valence-corrected chi connectivity index (χ0v) is 15.8. The van der Waals surface area contributed by atoms with Crippen molar-refractivity contribution in [3.63, 3.8) is 0 Å². The highest BCUT2D eigenvalue weighted by molar-refractivity contribution is 6.24. The Bertz CT molecular complexity index is 1070. The van der Waals surface area contributed by atoms with Crippen LogP contribution in [-0.2, 0) is 16.1 Å². The molecule has 2 heterocycles. The molecule has 1 atom stereocenters. The quantitative estimate of drug-likeness (QED) is 0.662. The van der Waals surface area contributed by atoms with Crippen LogP contribution in [0.3, 0.4) is 0 Å². The molecule has 2 aliphatic heterocycles. The van der Waals surface area contributed by atoms with E-state index in [0.717, 1.165) is 4.90 Å². The lowest BCUT2D eigenvalue weighted by molar-refractivity contribution is -0.136. The van der Waals surface area contributed by atoms with Gasteiger partial charge in [0.1, 0.15) is 6.04 Å². The lowest BCUT2D eigenvalue weighted by Crippen LogP contribution is -2.54. The van der Waals surface area contributed by atoms with Crippen LogP contribution in [0.5, 0.6) is 0 Å². The van der Waals surface area contributed by atoms with Gasteiger partial charge in [0.25, 0.3) is 11.8 Å². The number of para-hydroxylation sites is 1. The van der Waals surface area contributed by atoms with Crippen LogP contribution in [0.25, 0.3) is 0 Å². The summed E-state index contributed by atoms with van der Waals surface area (Å²) < 4.78 is 0. The maximum atomic E-state index is 13.0. The fraction of sp³-hybridized carbons (Fsp3) is 0.190. The standard InChI is InChI=1S/C21H18N4O5/c26-16-10-9-15(18(27)24-16)25-19(28)14-8-4-5-12(17(14)20(25)29)11-22-21(30)23-13-6-2-1-3-7-13/h1-8,15H,9-11H2,(H2,22,23,30)(H,24,26,27). The maximum Gasteiger partial charge on any atom is 0.319 e. The van der Waals surface area contributed by atoms with E-state index in [-0.39, 0.29) is 30.5 Å². The largest absolute Gasteiger partial charge is 0.334 e. The molecule has 30 heavy (non-hydrogen) atoms. The number of nitrogens with one attached hydrogen (secondary N) is 3. The Balaban J connectivity index is 1.51. The molecule has 1 saturated heterocycles. The number of carbonyl (C=O) groups is 5. The number of hydrogen-bond acceptors (Lipinski definition) is 5. The molecule has 4 rings (SSSR count). The van der Waals surface area contributed by atoms with Crippen LogP contribution in [0.15, 0.2) is 48.5 Å². The normalized spacial score (nSPS) is 18.1. The molecule has 0 aromatic heterocycles. The SMILES string of the molecule is O=C1CCC(N2C(=O)c3cccc(CNC(=O)Nc4ccccc4)c3C2=O)C(=O)N1. The number of nitrogens with zero attached hydrogens (tertiary/aromatic N) is 1. The van der Waals surface area contributed by atoms with Crippen molar-refractivity contribution < 1.29 is 24.0 Å². The average Bonchev–Trinajstić information content (AvgIpc) is 2.98. The highest BCUT2D eigenvalue weighted by Crippen LogP contribution is 2.29. The Morgan fingerprint density at radius 1 is 1.00 bits per heavy atom. The number of hydrogen-bond donors (Lipinski definition) is 3. The van der Waals surface area contributed by atoms with Gasteiger partial charge in [0.05, 0.1) is 11.1 Å². The number of piperidine rings is 1. The molecule has 2 aromatic rings. The van der Waals surface area contributed by atoms with Crippen LogP contribution >= 0.6 is 0 Å². The van der Waals surface area contributed by atoms with Gasteiger partial charge in [0, 0.05) is 18.7 Å². The second-order valence-corrected chi connectivity index (χ2v) is 6.96.